The topological polar surface area (TPSA) is 50.9 Å². The molecule has 6 heteroatoms. The van der Waals surface area contributed by atoms with E-state index >= 15 is 0 Å². The van der Waals surface area contributed by atoms with Crippen LogP contribution in [0.1, 0.15) is 17.4 Å². The second kappa shape index (κ2) is 3.80. The van der Waals surface area contributed by atoms with Crippen molar-refractivity contribution in [1.82, 2.24) is 15.0 Å². The maximum absolute atomic E-state index is 9.89. The summed E-state index contributed by atoms with van der Waals surface area (Å²) in [7, 11) is 1.72. The van der Waals surface area contributed by atoms with Gasteiger partial charge in [0.2, 0.25) is 0 Å². The number of aryl methyl sites for hydroxylation is 1. The Morgan fingerprint density at radius 3 is 2.93 bits per heavy atom. The Kier molecular flexibility index (Phi) is 2.66. The van der Waals surface area contributed by atoms with Crippen LogP contribution in [0, 0.1) is 0 Å². The van der Waals surface area contributed by atoms with E-state index in [2.05, 4.69) is 26.1 Å². The molecule has 74 valence electrons. The van der Waals surface area contributed by atoms with Crippen molar-refractivity contribution in [3.05, 3.63) is 32.7 Å². The summed E-state index contributed by atoms with van der Waals surface area (Å²) in [5.74, 6) is 0. The van der Waals surface area contributed by atoms with Crippen LogP contribution in [0.3, 0.4) is 0 Å². The van der Waals surface area contributed by atoms with Crippen LogP contribution < -0.4 is 0 Å². The summed E-state index contributed by atoms with van der Waals surface area (Å²) in [6.07, 6.45) is 0.877. The van der Waals surface area contributed by atoms with Gasteiger partial charge in [-0.05, 0) is 32.9 Å². The van der Waals surface area contributed by atoms with Crippen LogP contribution in [0.5, 0.6) is 0 Å². The van der Waals surface area contributed by atoms with Crippen molar-refractivity contribution in [2.45, 2.75) is 6.10 Å². The SMILES string of the molecule is Cn1ncc(C(O)c2csc(Br)c2)n1. The van der Waals surface area contributed by atoms with Crippen LogP contribution in [-0.2, 0) is 7.05 Å². The highest BCUT2D eigenvalue weighted by Gasteiger charge is 2.14. The molecule has 0 saturated carbocycles. The van der Waals surface area contributed by atoms with Gasteiger partial charge in [0.05, 0.1) is 9.98 Å². The van der Waals surface area contributed by atoms with Crippen molar-refractivity contribution in [3.63, 3.8) is 0 Å². The van der Waals surface area contributed by atoms with Gasteiger partial charge in [0.1, 0.15) is 11.8 Å². The number of hydrogen-bond donors (Lipinski definition) is 1. The lowest BCUT2D eigenvalue weighted by atomic mass is 10.1. The van der Waals surface area contributed by atoms with Gasteiger partial charge in [0.15, 0.2) is 0 Å². The summed E-state index contributed by atoms with van der Waals surface area (Å²) >= 11 is 4.88. The third kappa shape index (κ3) is 1.87. The molecule has 0 fully saturated rings. The summed E-state index contributed by atoms with van der Waals surface area (Å²) in [4.78, 5) is 1.43. The highest BCUT2D eigenvalue weighted by atomic mass is 79.9. The van der Waals surface area contributed by atoms with Gasteiger partial charge in [0.25, 0.3) is 0 Å². The first kappa shape index (κ1) is 9.82. The highest BCUT2D eigenvalue weighted by Crippen LogP contribution is 2.27. The van der Waals surface area contributed by atoms with Gasteiger partial charge >= 0.3 is 0 Å². The lowest BCUT2D eigenvalue weighted by Gasteiger charge is -2.02. The highest BCUT2D eigenvalue weighted by molar-refractivity contribution is 9.11. The first-order chi connectivity index (χ1) is 6.66. The Morgan fingerprint density at radius 1 is 1.64 bits per heavy atom. The Labute approximate surface area is 93.3 Å². The number of nitrogens with zero attached hydrogens (tertiary/aromatic N) is 3. The van der Waals surface area contributed by atoms with Gasteiger partial charge in [-0.25, -0.2) is 0 Å². The van der Waals surface area contributed by atoms with Crippen LogP contribution in [-0.4, -0.2) is 20.1 Å². The molecule has 0 aliphatic carbocycles. The van der Waals surface area contributed by atoms with Crippen LogP contribution in [0.2, 0.25) is 0 Å². The van der Waals surface area contributed by atoms with Crippen LogP contribution in [0.4, 0.5) is 0 Å². The van der Waals surface area contributed by atoms with Crippen LogP contribution in [0.15, 0.2) is 21.4 Å². The summed E-state index contributed by atoms with van der Waals surface area (Å²) in [5, 5.41) is 19.7. The summed E-state index contributed by atoms with van der Waals surface area (Å²) in [5.41, 5.74) is 1.40. The number of thiophene rings is 1. The predicted octanol–water partition coefficient (Wildman–Crippen LogP) is 1.72. The smallest absolute Gasteiger partial charge is 0.125 e. The Morgan fingerprint density at radius 2 is 2.43 bits per heavy atom. The number of hydrogen-bond acceptors (Lipinski definition) is 4. The molecule has 2 rings (SSSR count). The summed E-state index contributed by atoms with van der Waals surface area (Å²) < 4.78 is 0.996. The Hall–Kier alpha value is -0.720. The molecule has 0 saturated heterocycles. The molecule has 0 aliphatic rings. The van der Waals surface area contributed by atoms with E-state index in [0.717, 1.165) is 9.35 Å². The summed E-state index contributed by atoms with van der Waals surface area (Å²) in [6, 6.07) is 1.88. The molecule has 1 atom stereocenters. The van der Waals surface area contributed by atoms with Crippen molar-refractivity contribution in [2.24, 2.45) is 7.05 Å². The van der Waals surface area contributed by atoms with E-state index < -0.39 is 6.10 Å². The molecule has 0 amide bonds. The molecule has 1 unspecified atom stereocenters. The monoisotopic (exact) mass is 273 g/mol. The molecule has 2 aromatic heterocycles. The van der Waals surface area contributed by atoms with Crippen LogP contribution in [0.25, 0.3) is 0 Å². The zero-order valence-corrected chi connectivity index (χ0v) is 9.79. The van der Waals surface area contributed by atoms with Gasteiger partial charge < -0.3 is 5.11 Å². The molecule has 14 heavy (non-hydrogen) atoms. The van der Waals surface area contributed by atoms with E-state index in [4.69, 9.17) is 0 Å². The lowest BCUT2D eigenvalue weighted by Crippen LogP contribution is -2.00. The average molecular weight is 274 g/mol. The standard InChI is InChI=1S/C8H8BrN3OS/c1-12-10-3-6(11-12)8(13)5-2-7(9)14-4-5/h2-4,8,13H,1H3. The van der Waals surface area contributed by atoms with Gasteiger partial charge in [-0.3, -0.25) is 0 Å². The molecule has 4 nitrogen and oxygen atoms in total. The van der Waals surface area contributed by atoms with E-state index in [1.165, 1.54) is 16.1 Å². The fourth-order valence-electron chi connectivity index (χ4n) is 1.12. The van der Waals surface area contributed by atoms with Crippen molar-refractivity contribution < 1.29 is 5.11 Å². The second-order valence-corrected chi connectivity index (χ2v) is 5.14. The van der Waals surface area contributed by atoms with Gasteiger partial charge in [-0.1, -0.05) is 0 Å². The zero-order valence-electron chi connectivity index (χ0n) is 7.38. The van der Waals surface area contributed by atoms with Crippen molar-refractivity contribution in [3.8, 4) is 0 Å². The molecular weight excluding hydrogens is 266 g/mol. The fraction of sp³-hybridized carbons (Fsp3) is 0.250. The van der Waals surface area contributed by atoms with Crippen molar-refractivity contribution in [1.29, 1.82) is 0 Å². The first-order valence-electron chi connectivity index (χ1n) is 3.95. The van der Waals surface area contributed by atoms with Gasteiger partial charge in [-0.2, -0.15) is 15.0 Å². The Bertz CT molecular complexity index is 399. The third-order valence-electron chi connectivity index (χ3n) is 1.80. The maximum atomic E-state index is 9.89. The zero-order chi connectivity index (χ0) is 10.1. The maximum Gasteiger partial charge on any atom is 0.125 e. The second-order valence-electron chi connectivity index (χ2n) is 2.85. The predicted molar refractivity (Wildman–Crippen MR) is 57.1 cm³/mol. The van der Waals surface area contributed by atoms with E-state index in [1.807, 2.05) is 11.4 Å². The van der Waals surface area contributed by atoms with Gasteiger partial charge in [0, 0.05) is 7.05 Å². The molecule has 2 aromatic rings. The molecule has 0 spiro atoms. The minimum absolute atomic E-state index is 0.567. The van der Waals surface area contributed by atoms with E-state index in [-0.39, 0.29) is 0 Å². The number of rotatable bonds is 2. The number of aliphatic hydroxyl groups is 1. The Balaban J connectivity index is 2.28. The molecule has 0 aromatic carbocycles. The van der Waals surface area contributed by atoms with Crippen molar-refractivity contribution in [2.75, 3.05) is 0 Å². The normalized spacial score (nSPS) is 13.1. The first-order valence-corrected chi connectivity index (χ1v) is 5.62. The molecular formula is C8H8BrN3OS. The molecule has 0 aliphatic heterocycles. The minimum Gasteiger partial charge on any atom is -0.382 e. The van der Waals surface area contributed by atoms with E-state index in [1.54, 1.807) is 13.2 Å². The molecule has 0 bridgehead atoms. The average Bonchev–Trinajstić information content (AvgIpc) is 2.73. The minimum atomic E-state index is -0.689. The summed E-state index contributed by atoms with van der Waals surface area (Å²) in [6.45, 7) is 0. The van der Waals surface area contributed by atoms with Gasteiger partial charge in [-0.15, -0.1) is 11.3 Å². The quantitative estimate of drug-likeness (QED) is 0.907. The molecule has 0 radical (unpaired) electrons. The third-order valence-corrected chi connectivity index (χ3v) is 3.32. The largest absolute Gasteiger partial charge is 0.382 e. The number of aliphatic hydroxyl groups excluding tert-OH is 1. The molecule has 1 N–H and O–H groups in total. The lowest BCUT2D eigenvalue weighted by molar-refractivity contribution is 0.215. The van der Waals surface area contributed by atoms with E-state index in [0.29, 0.717) is 5.69 Å². The van der Waals surface area contributed by atoms with Crippen LogP contribution >= 0.6 is 27.3 Å². The number of halogens is 1. The molecule has 2 heterocycles. The van der Waals surface area contributed by atoms with E-state index in [9.17, 15) is 5.11 Å². The fourth-order valence-corrected chi connectivity index (χ4v) is 2.32. The number of aromatic nitrogens is 3. The van der Waals surface area contributed by atoms with Crippen molar-refractivity contribution >= 4 is 27.3 Å².